The van der Waals surface area contributed by atoms with E-state index in [1.54, 1.807) is 0 Å². The molecule has 5 nitrogen and oxygen atoms in total. The summed E-state index contributed by atoms with van der Waals surface area (Å²) >= 11 is 1.52. The third-order valence-corrected chi connectivity index (χ3v) is 5.09. The predicted molar refractivity (Wildman–Crippen MR) is 76.4 cm³/mol. The van der Waals surface area contributed by atoms with Crippen molar-refractivity contribution in [1.82, 2.24) is 4.90 Å². The molecule has 2 rings (SSSR count). The fourth-order valence-corrected chi connectivity index (χ4v) is 3.89. The Morgan fingerprint density at radius 3 is 2.30 bits per heavy atom. The van der Waals surface area contributed by atoms with Crippen LogP contribution in [0.25, 0.3) is 0 Å². The largest absolute Gasteiger partial charge is 0.480 e. The van der Waals surface area contributed by atoms with Crippen molar-refractivity contribution in [2.45, 2.75) is 51.0 Å². The number of hydrogen-bond donors (Lipinski definition) is 1. The van der Waals surface area contributed by atoms with Crippen molar-refractivity contribution >= 4 is 29.5 Å². The number of hydrogen-bond acceptors (Lipinski definition) is 4. The molecule has 20 heavy (non-hydrogen) atoms. The van der Waals surface area contributed by atoms with Crippen LogP contribution in [-0.4, -0.2) is 45.8 Å². The summed E-state index contributed by atoms with van der Waals surface area (Å²) < 4.78 is 0. The molecule has 1 spiro atoms. The summed E-state index contributed by atoms with van der Waals surface area (Å²) in [5, 5.41) is 9.29. The van der Waals surface area contributed by atoms with Crippen LogP contribution in [-0.2, 0) is 14.4 Å². The molecule has 1 unspecified atom stereocenters. The maximum Gasteiger partial charge on any atom is 0.326 e. The number of carbonyl (C=O) groups is 3. The molecule has 1 saturated heterocycles. The SMILES string of the molecule is CSCCC(C(=O)O)N1C(=O)CC2(CCCC2)CC1=O. The average Bonchev–Trinajstić information content (AvgIpc) is 2.79. The predicted octanol–water partition coefficient (Wildman–Crippen LogP) is 1.90. The van der Waals surface area contributed by atoms with E-state index < -0.39 is 12.0 Å². The van der Waals surface area contributed by atoms with E-state index in [4.69, 9.17) is 0 Å². The molecule has 1 atom stereocenters. The van der Waals surface area contributed by atoms with E-state index in [0.29, 0.717) is 25.0 Å². The number of amides is 2. The second kappa shape index (κ2) is 6.16. The monoisotopic (exact) mass is 299 g/mol. The fourth-order valence-electron chi connectivity index (χ4n) is 3.43. The van der Waals surface area contributed by atoms with Gasteiger partial charge in [-0.15, -0.1) is 0 Å². The quantitative estimate of drug-likeness (QED) is 0.785. The Kier molecular flexibility index (Phi) is 4.73. The highest BCUT2D eigenvalue weighted by Gasteiger charge is 2.48. The topological polar surface area (TPSA) is 74.7 Å². The van der Waals surface area contributed by atoms with Gasteiger partial charge in [-0.1, -0.05) is 12.8 Å². The van der Waals surface area contributed by atoms with Crippen LogP contribution in [0.2, 0.25) is 0 Å². The lowest BCUT2D eigenvalue weighted by atomic mass is 9.76. The zero-order valence-electron chi connectivity index (χ0n) is 11.8. The first-order chi connectivity index (χ1) is 9.49. The number of imide groups is 1. The van der Waals surface area contributed by atoms with Crippen LogP contribution in [0.5, 0.6) is 0 Å². The number of carboxylic acid groups (broad SMARTS) is 1. The summed E-state index contributed by atoms with van der Waals surface area (Å²) in [4.78, 5) is 37.0. The van der Waals surface area contributed by atoms with E-state index >= 15 is 0 Å². The van der Waals surface area contributed by atoms with Crippen molar-refractivity contribution < 1.29 is 19.5 Å². The standard InChI is InChI=1S/C14H21NO4S/c1-20-7-4-10(13(18)19)15-11(16)8-14(9-12(15)17)5-2-3-6-14/h10H,2-9H2,1H3,(H,18,19). The number of rotatable bonds is 5. The Bertz CT molecular complexity index is 397. The Hall–Kier alpha value is -1.04. The Morgan fingerprint density at radius 1 is 1.30 bits per heavy atom. The van der Waals surface area contributed by atoms with Crippen LogP contribution in [0.3, 0.4) is 0 Å². The first-order valence-corrected chi connectivity index (χ1v) is 8.45. The molecule has 0 aromatic carbocycles. The van der Waals surface area contributed by atoms with Crippen LogP contribution >= 0.6 is 11.8 Å². The zero-order chi connectivity index (χ0) is 14.8. The fraction of sp³-hybridized carbons (Fsp3) is 0.786. The van der Waals surface area contributed by atoms with Gasteiger partial charge >= 0.3 is 5.97 Å². The number of carboxylic acids is 1. The second-order valence-corrected chi connectivity index (χ2v) is 6.84. The number of thioether (sulfide) groups is 1. The maximum atomic E-state index is 12.3. The van der Waals surface area contributed by atoms with Crippen molar-refractivity contribution in [3.05, 3.63) is 0 Å². The molecule has 112 valence electrons. The average molecular weight is 299 g/mol. The molecule has 0 radical (unpaired) electrons. The second-order valence-electron chi connectivity index (χ2n) is 5.85. The molecule has 1 aliphatic heterocycles. The number of likely N-dealkylation sites (tertiary alicyclic amines) is 1. The van der Waals surface area contributed by atoms with Crippen molar-refractivity contribution in [3.8, 4) is 0 Å². The highest BCUT2D eigenvalue weighted by Crippen LogP contribution is 2.47. The lowest BCUT2D eigenvalue weighted by molar-refractivity contribution is -0.164. The normalized spacial score (nSPS) is 23.4. The van der Waals surface area contributed by atoms with Crippen LogP contribution in [0.15, 0.2) is 0 Å². The first-order valence-electron chi connectivity index (χ1n) is 7.06. The molecule has 6 heteroatoms. The molecule has 0 aromatic heterocycles. The zero-order valence-corrected chi connectivity index (χ0v) is 12.6. The number of piperidine rings is 1. The first kappa shape index (κ1) is 15.4. The van der Waals surface area contributed by atoms with Crippen molar-refractivity contribution in [2.24, 2.45) is 5.41 Å². The Morgan fingerprint density at radius 2 is 1.85 bits per heavy atom. The molecule has 2 fully saturated rings. The van der Waals surface area contributed by atoms with Gasteiger partial charge in [0.15, 0.2) is 0 Å². The van der Waals surface area contributed by atoms with Crippen LogP contribution in [0.1, 0.15) is 44.9 Å². The smallest absolute Gasteiger partial charge is 0.326 e. The minimum absolute atomic E-state index is 0.173. The van der Waals surface area contributed by atoms with Crippen molar-refractivity contribution in [3.63, 3.8) is 0 Å². The van der Waals surface area contributed by atoms with Gasteiger partial charge in [0.25, 0.3) is 0 Å². The minimum atomic E-state index is -1.08. The third kappa shape index (κ3) is 3.00. The molecular formula is C14H21NO4S. The van der Waals surface area contributed by atoms with Gasteiger partial charge < -0.3 is 5.11 Å². The van der Waals surface area contributed by atoms with E-state index in [1.165, 1.54) is 11.8 Å². The van der Waals surface area contributed by atoms with E-state index in [9.17, 15) is 19.5 Å². The summed E-state index contributed by atoms with van der Waals surface area (Å²) in [7, 11) is 0. The lowest BCUT2D eigenvalue weighted by Crippen LogP contribution is -2.54. The molecule has 1 aliphatic carbocycles. The van der Waals surface area contributed by atoms with Gasteiger partial charge in [0.2, 0.25) is 11.8 Å². The summed E-state index contributed by atoms with van der Waals surface area (Å²) in [6, 6.07) is -0.999. The van der Waals surface area contributed by atoms with E-state index in [0.717, 1.165) is 30.6 Å². The van der Waals surface area contributed by atoms with E-state index in [-0.39, 0.29) is 17.2 Å². The Labute approximate surface area is 123 Å². The third-order valence-electron chi connectivity index (χ3n) is 4.45. The van der Waals surface area contributed by atoms with Gasteiger partial charge in [-0.25, -0.2) is 4.79 Å². The summed E-state index contributed by atoms with van der Waals surface area (Å²) in [6.07, 6.45) is 6.84. The summed E-state index contributed by atoms with van der Waals surface area (Å²) in [5.41, 5.74) is -0.173. The molecule has 1 N–H and O–H groups in total. The van der Waals surface area contributed by atoms with Crippen molar-refractivity contribution in [2.75, 3.05) is 12.0 Å². The molecule has 0 bridgehead atoms. The van der Waals surface area contributed by atoms with Crippen LogP contribution < -0.4 is 0 Å². The maximum absolute atomic E-state index is 12.3. The molecular weight excluding hydrogens is 278 g/mol. The van der Waals surface area contributed by atoms with Gasteiger partial charge in [0, 0.05) is 12.8 Å². The number of aliphatic carboxylic acids is 1. The van der Waals surface area contributed by atoms with E-state index in [2.05, 4.69) is 0 Å². The van der Waals surface area contributed by atoms with E-state index in [1.807, 2.05) is 6.26 Å². The van der Waals surface area contributed by atoms with Crippen molar-refractivity contribution in [1.29, 1.82) is 0 Å². The van der Waals surface area contributed by atoms with Gasteiger partial charge in [-0.3, -0.25) is 14.5 Å². The molecule has 0 aromatic rings. The lowest BCUT2D eigenvalue weighted by Gasteiger charge is -2.39. The number of carbonyl (C=O) groups excluding carboxylic acids is 2. The molecule has 2 amide bonds. The van der Waals surface area contributed by atoms with Gasteiger partial charge in [-0.2, -0.15) is 11.8 Å². The van der Waals surface area contributed by atoms with Gasteiger partial charge in [0.1, 0.15) is 6.04 Å². The highest BCUT2D eigenvalue weighted by atomic mass is 32.2. The number of nitrogens with zero attached hydrogens (tertiary/aromatic N) is 1. The minimum Gasteiger partial charge on any atom is -0.480 e. The van der Waals surface area contributed by atoms with Gasteiger partial charge in [-0.05, 0) is 36.7 Å². The molecule has 1 heterocycles. The van der Waals surface area contributed by atoms with Crippen LogP contribution in [0.4, 0.5) is 0 Å². The molecule has 1 saturated carbocycles. The highest BCUT2D eigenvalue weighted by molar-refractivity contribution is 7.98. The Balaban J connectivity index is 2.13. The van der Waals surface area contributed by atoms with Crippen LogP contribution in [0, 0.1) is 5.41 Å². The van der Waals surface area contributed by atoms with Gasteiger partial charge in [0.05, 0.1) is 0 Å². The summed E-state index contributed by atoms with van der Waals surface area (Å²) in [5.74, 6) is -1.05. The summed E-state index contributed by atoms with van der Waals surface area (Å²) in [6.45, 7) is 0. The molecule has 2 aliphatic rings.